The second kappa shape index (κ2) is 11.8. The Bertz CT molecular complexity index is 901. The van der Waals surface area contributed by atoms with Gasteiger partial charge in [0.25, 0.3) is 5.91 Å². The van der Waals surface area contributed by atoms with Gasteiger partial charge in [0.1, 0.15) is 7.11 Å². The first-order valence-corrected chi connectivity index (χ1v) is 10.8. The molecule has 0 heterocycles. The summed E-state index contributed by atoms with van der Waals surface area (Å²) < 4.78 is 0. The SMILES string of the molecule is C[NH2+]CCC(/C(CN(C)C(=O)c1cc(Cl)cc(Cl)c1)=N/OC)c1ccc(Cl)c(Cl)c1. The third kappa shape index (κ3) is 6.76. The third-order valence-corrected chi connectivity index (χ3v) is 5.73. The van der Waals surface area contributed by atoms with E-state index in [4.69, 9.17) is 51.2 Å². The van der Waals surface area contributed by atoms with Crippen LogP contribution >= 0.6 is 46.4 Å². The minimum absolute atomic E-state index is 0.103. The first-order valence-electron chi connectivity index (χ1n) is 9.31. The average molecular weight is 492 g/mol. The van der Waals surface area contributed by atoms with Crippen molar-refractivity contribution in [3.8, 4) is 0 Å². The summed E-state index contributed by atoms with van der Waals surface area (Å²) in [6.45, 7) is 1.11. The number of carbonyl (C=O) groups is 1. The molecule has 2 aromatic carbocycles. The molecule has 1 atom stereocenters. The predicted molar refractivity (Wildman–Crippen MR) is 124 cm³/mol. The predicted octanol–water partition coefficient (Wildman–Crippen LogP) is 4.74. The molecule has 0 saturated carbocycles. The van der Waals surface area contributed by atoms with Crippen LogP contribution in [-0.2, 0) is 4.84 Å². The van der Waals surface area contributed by atoms with Gasteiger partial charge in [-0.25, -0.2) is 0 Å². The van der Waals surface area contributed by atoms with E-state index in [1.165, 1.54) is 7.11 Å². The molecule has 0 fully saturated rings. The van der Waals surface area contributed by atoms with Crippen LogP contribution in [0.5, 0.6) is 0 Å². The summed E-state index contributed by atoms with van der Waals surface area (Å²) in [4.78, 5) is 19.6. The first kappa shape index (κ1) is 24.8. The molecule has 0 radical (unpaired) electrons. The Morgan fingerprint density at radius 2 is 1.77 bits per heavy atom. The topological polar surface area (TPSA) is 58.5 Å². The van der Waals surface area contributed by atoms with E-state index in [0.717, 1.165) is 18.5 Å². The molecule has 1 unspecified atom stereocenters. The molecule has 0 aliphatic carbocycles. The van der Waals surface area contributed by atoms with Crippen molar-refractivity contribution in [2.24, 2.45) is 5.16 Å². The molecule has 0 saturated heterocycles. The molecular formula is C21H24Cl4N3O2+. The number of nitrogens with zero attached hydrogens (tertiary/aromatic N) is 2. The molecule has 0 bridgehead atoms. The van der Waals surface area contributed by atoms with Crippen molar-refractivity contribution in [1.82, 2.24) is 4.90 Å². The summed E-state index contributed by atoms with van der Waals surface area (Å²) in [5, 5.41) is 8.07. The summed E-state index contributed by atoms with van der Waals surface area (Å²) in [6, 6.07) is 10.3. The van der Waals surface area contributed by atoms with Gasteiger partial charge in [0.05, 0.1) is 35.9 Å². The summed E-state index contributed by atoms with van der Waals surface area (Å²) in [7, 11) is 5.17. The monoisotopic (exact) mass is 490 g/mol. The van der Waals surface area contributed by atoms with Crippen LogP contribution in [-0.4, -0.2) is 50.8 Å². The highest BCUT2D eigenvalue weighted by Crippen LogP contribution is 2.29. The Morgan fingerprint density at radius 1 is 1.10 bits per heavy atom. The Balaban J connectivity index is 2.32. The lowest BCUT2D eigenvalue weighted by molar-refractivity contribution is -0.627. The lowest BCUT2D eigenvalue weighted by Crippen LogP contribution is -2.79. The minimum atomic E-state index is -0.224. The van der Waals surface area contributed by atoms with E-state index < -0.39 is 0 Å². The van der Waals surface area contributed by atoms with Crippen molar-refractivity contribution in [2.75, 3.05) is 34.3 Å². The van der Waals surface area contributed by atoms with Gasteiger partial charge in [0.15, 0.2) is 0 Å². The fraction of sp³-hybridized carbons (Fsp3) is 0.333. The van der Waals surface area contributed by atoms with Crippen LogP contribution < -0.4 is 5.32 Å². The summed E-state index contributed by atoms with van der Waals surface area (Å²) in [5.41, 5.74) is 2.05. The number of carbonyl (C=O) groups excluding carboxylic acids is 1. The van der Waals surface area contributed by atoms with Gasteiger partial charge >= 0.3 is 0 Å². The van der Waals surface area contributed by atoms with Crippen molar-refractivity contribution in [3.05, 3.63) is 67.6 Å². The van der Waals surface area contributed by atoms with Gasteiger partial charge in [-0.15, -0.1) is 0 Å². The van der Waals surface area contributed by atoms with Crippen LogP contribution in [0, 0.1) is 0 Å². The number of hydrogen-bond acceptors (Lipinski definition) is 3. The van der Waals surface area contributed by atoms with Crippen LogP contribution in [0.1, 0.15) is 28.3 Å². The van der Waals surface area contributed by atoms with Crippen LogP contribution in [0.4, 0.5) is 0 Å². The summed E-state index contributed by atoms with van der Waals surface area (Å²) in [5.74, 6) is -0.327. The molecule has 5 nitrogen and oxygen atoms in total. The fourth-order valence-corrected chi connectivity index (χ4v) is 3.95. The van der Waals surface area contributed by atoms with Gasteiger partial charge in [0.2, 0.25) is 0 Å². The minimum Gasteiger partial charge on any atom is -0.399 e. The smallest absolute Gasteiger partial charge is 0.254 e. The molecule has 162 valence electrons. The molecule has 30 heavy (non-hydrogen) atoms. The second-order valence-corrected chi connectivity index (χ2v) is 8.48. The molecule has 2 N–H and O–H groups in total. The normalized spacial score (nSPS) is 12.6. The molecule has 9 heteroatoms. The maximum atomic E-state index is 12.9. The Hall–Kier alpha value is -1.50. The van der Waals surface area contributed by atoms with E-state index in [1.54, 1.807) is 36.2 Å². The van der Waals surface area contributed by atoms with Gasteiger partial charge in [-0.1, -0.05) is 57.6 Å². The molecule has 2 aromatic rings. The van der Waals surface area contributed by atoms with Gasteiger partial charge in [-0.3, -0.25) is 4.79 Å². The standard InChI is InChI=1S/C21H23Cl4N3O2/c1-26-7-6-17(13-4-5-18(24)19(25)10-13)20(27-30-3)12-28(2)21(29)14-8-15(22)11-16(23)9-14/h4-5,8-11,17,26H,6-7,12H2,1-3H3/p+1/b27-20+. The zero-order valence-corrected chi connectivity index (χ0v) is 20.0. The molecule has 0 aliphatic heterocycles. The number of benzene rings is 2. The molecular weight excluding hydrogens is 468 g/mol. The quantitative estimate of drug-likeness (QED) is 0.406. The Kier molecular flexibility index (Phi) is 9.72. The van der Waals surface area contributed by atoms with Gasteiger partial charge in [0, 0.05) is 35.0 Å². The largest absolute Gasteiger partial charge is 0.399 e. The van der Waals surface area contributed by atoms with Crippen LogP contribution in [0.2, 0.25) is 20.1 Å². The van der Waals surface area contributed by atoms with E-state index >= 15 is 0 Å². The first-order chi connectivity index (χ1) is 14.3. The highest BCUT2D eigenvalue weighted by molar-refractivity contribution is 6.42. The molecule has 0 aromatic heterocycles. The maximum Gasteiger partial charge on any atom is 0.254 e. The van der Waals surface area contributed by atoms with E-state index in [0.29, 0.717) is 31.4 Å². The van der Waals surface area contributed by atoms with E-state index in [-0.39, 0.29) is 18.4 Å². The fourth-order valence-electron chi connectivity index (χ4n) is 3.12. The number of amides is 1. The molecule has 0 spiro atoms. The van der Waals surface area contributed by atoms with Crippen molar-refractivity contribution in [2.45, 2.75) is 12.3 Å². The van der Waals surface area contributed by atoms with Gasteiger partial charge in [-0.05, 0) is 35.9 Å². The van der Waals surface area contributed by atoms with E-state index in [9.17, 15) is 4.79 Å². The molecule has 2 rings (SSSR count). The zero-order valence-electron chi connectivity index (χ0n) is 17.0. The van der Waals surface area contributed by atoms with Crippen LogP contribution in [0.15, 0.2) is 41.6 Å². The van der Waals surface area contributed by atoms with Crippen molar-refractivity contribution < 1.29 is 14.9 Å². The van der Waals surface area contributed by atoms with E-state index in [2.05, 4.69) is 10.5 Å². The highest BCUT2D eigenvalue weighted by atomic mass is 35.5. The highest BCUT2D eigenvalue weighted by Gasteiger charge is 2.24. The lowest BCUT2D eigenvalue weighted by atomic mass is 9.90. The molecule has 0 aliphatic rings. The lowest BCUT2D eigenvalue weighted by Gasteiger charge is -2.24. The number of oxime groups is 1. The maximum absolute atomic E-state index is 12.9. The number of hydrogen-bond donors (Lipinski definition) is 1. The van der Waals surface area contributed by atoms with Crippen molar-refractivity contribution >= 4 is 58.0 Å². The zero-order chi connectivity index (χ0) is 22.3. The second-order valence-electron chi connectivity index (χ2n) is 6.80. The van der Waals surface area contributed by atoms with Gasteiger partial charge in [-0.2, -0.15) is 0 Å². The average Bonchev–Trinajstić information content (AvgIpc) is 2.69. The summed E-state index contributed by atoms with van der Waals surface area (Å²) in [6.07, 6.45) is 0.779. The summed E-state index contributed by atoms with van der Waals surface area (Å²) >= 11 is 24.4. The van der Waals surface area contributed by atoms with Crippen molar-refractivity contribution in [1.29, 1.82) is 0 Å². The van der Waals surface area contributed by atoms with Gasteiger partial charge < -0.3 is 15.1 Å². The van der Waals surface area contributed by atoms with Crippen molar-refractivity contribution in [3.63, 3.8) is 0 Å². The number of nitrogens with two attached hydrogens (primary N) is 1. The Morgan fingerprint density at radius 3 is 2.33 bits per heavy atom. The Labute approximate surface area is 196 Å². The van der Waals surface area contributed by atoms with Crippen LogP contribution in [0.3, 0.4) is 0 Å². The van der Waals surface area contributed by atoms with E-state index in [1.807, 2.05) is 19.2 Å². The number of rotatable bonds is 9. The molecule has 1 amide bonds. The number of halogens is 4. The third-order valence-electron chi connectivity index (χ3n) is 4.56. The number of quaternary nitrogens is 1. The van der Waals surface area contributed by atoms with Crippen LogP contribution in [0.25, 0.3) is 0 Å².